The Kier molecular flexibility index (Phi) is 6.27. The molecule has 2 amide bonds. The monoisotopic (exact) mass is 286 g/mol. The summed E-state index contributed by atoms with van der Waals surface area (Å²) in [5, 5.41) is 8.70. The van der Waals surface area contributed by atoms with Crippen LogP contribution in [0.25, 0.3) is 0 Å². The molecule has 1 rings (SSSR count). The van der Waals surface area contributed by atoms with Crippen molar-refractivity contribution in [1.82, 2.24) is 9.80 Å². The van der Waals surface area contributed by atoms with Gasteiger partial charge in [0, 0.05) is 19.6 Å². The number of hydrogen-bond acceptors (Lipinski definition) is 4. The number of carbonyl (C=O) groups is 3. The Morgan fingerprint density at radius 3 is 2.60 bits per heavy atom. The SMILES string of the molecule is CCN(CCC(=O)O)C(=O)N1CCCCC1C(=O)OC. The molecule has 0 aliphatic carbocycles. The molecule has 1 saturated heterocycles. The van der Waals surface area contributed by atoms with Gasteiger partial charge in [-0.25, -0.2) is 9.59 Å². The Balaban J connectivity index is 2.74. The summed E-state index contributed by atoms with van der Waals surface area (Å²) in [7, 11) is 1.31. The fraction of sp³-hybridized carbons (Fsp3) is 0.769. The van der Waals surface area contributed by atoms with Gasteiger partial charge in [-0.2, -0.15) is 0 Å². The van der Waals surface area contributed by atoms with Gasteiger partial charge < -0.3 is 19.6 Å². The van der Waals surface area contributed by atoms with Gasteiger partial charge in [-0.15, -0.1) is 0 Å². The van der Waals surface area contributed by atoms with Crippen LogP contribution in [0.5, 0.6) is 0 Å². The van der Waals surface area contributed by atoms with Gasteiger partial charge in [0.2, 0.25) is 0 Å². The van der Waals surface area contributed by atoms with Crippen molar-refractivity contribution in [1.29, 1.82) is 0 Å². The maximum absolute atomic E-state index is 12.4. The molecule has 0 saturated carbocycles. The molecule has 1 N–H and O–H groups in total. The number of urea groups is 1. The number of carboxylic acid groups (broad SMARTS) is 1. The first kappa shape index (κ1) is 16.3. The Hall–Kier alpha value is -1.79. The van der Waals surface area contributed by atoms with Gasteiger partial charge in [-0.05, 0) is 26.2 Å². The fourth-order valence-corrected chi connectivity index (χ4v) is 2.34. The highest BCUT2D eigenvalue weighted by Gasteiger charge is 2.34. The predicted octanol–water partition coefficient (Wildman–Crippen LogP) is 0.930. The summed E-state index contributed by atoms with van der Waals surface area (Å²) in [4.78, 5) is 37.7. The van der Waals surface area contributed by atoms with Crippen molar-refractivity contribution >= 4 is 18.0 Å². The normalized spacial score (nSPS) is 18.5. The molecule has 1 aliphatic heterocycles. The number of amides is 2. The van der Waals surface area contributed by atoms with E-state index < -0.39 is 18.0 Å². The van der Waals surface area contributed by atoms with Gasteiger partial charge in [0.15, 0.2) is 0 Å². The smallest absolute Gasteiger partial charge is 0.328 e. The van der Waals surface area contributed by atoms with Crippen LogP contribution in [0.2, 0.25) is 0 Å². The summed E-state index contributed by atoms with van der Waals surface area (Å²) in [6, 6.07) is -0.844. The molecule has 1 unspecified atom stereocenters. The summed E-state index contributed by atoms with van der Waals surface area (Å²) in [6.45, 7) is 2.85. The number of carbonyl (C=O) groups excluding carboxylic acids is 2. The number of methoxy groups -OCH3 is 1. The summed E-state index contributed by atoms with van der Waals surface area (Å²) in [5.41, 5.74) is 0. The summed E-state index contributed by atoms with van der Waals surface area (Å²) in [6.07, 6.45) is 2.21. The van der Waals surface area contributed by atoms with Gasteiger partial charge >= 0.3 is 18.0 Å². The van der Waals surface area contributed by atoms with E-state index in [4.69, 9.17) is 9.84 Å². The van der Waals surface area contributed by atoms with Crippen LogP contribution in [0.3, 0.4) is 0 Å². The Morgan fingerprint density at radius 1 is 1.35 bits per heavy atom. The second kappa shape index (κ2) is 7.72. The largest absolute Gasteiger partial charge is 0.481 e. The van der Waals surface area contributed by atoms with E-state index in [0.29, 0.717) is 19.5 Å². The van der Waals surface area contributed by atoms with Crippen molar-refractivity contribution < 1.29 is 24.2 Å². The van der Waals surface area contributed by atoms with Gasteiger partial charge in [-0.3, -0.25) is 4.79 Å². The Morgan fingerprint density at radius 2 is 2.05 bits per heavy atom. The molecule has 7 nitrogen and oxygen atoms in total. The summed E-state index contributed by atoms with van der Waals surface area (Å²) >= 11 is 0. The van der Waals surface area contributed by atoms with Crippen molar-refractivity contribution in [2.24, 2.45) is 0 Å². The van der Waals surface area contributed by atoms with Crippen LogP contribution >= 0.6 is 0 Å². The minimum atomic E-state index is -0.945. The number of ether oxygens (including phenoxy) is 1. The van der Waals surface area contributed by atoms with Crippen LogP contribution in [-0.4, -0.2) is 65.7 Å². The molecule has 0 aromatic heterocycles. The maximum atomic E-state index is 12.4. The minimum Gasteiger partial charge on any atom is -0.481 e. The van der Waals surface area contributed by atoms with E-state index in [1.165, 1.54) is 16.9 Å². The topological polar surface area (TPSA) is 87.2 Å². The van der Waals surface area contributed by atoms with E-state index >= 15 is 0 Å². The number of nitrogens with zero attached hydrogens (tertiary/aromatic N) is 2. The van der Waals surface area contributed by atoms with E-state index in [-0.39, 0.29) is 19.0 Å². The molecule has 0 aromatic carbocycles. The quantitative estimate of drug-likeness (QED) is 0.760. The van der Waals surface area contributed by atoms with Gasteiger partial charge in [-0.1, -0.05) is 0 Å². The van der Waals surface area contributed by atoms with E-state index in [1.807, 2.05) is 0 Å². The second-order valence-corrected chi connectivity index (χ2v) is 4.73. The second-order valence-electron chi connectivity index (χ2n) is 4.73. The van der Waals surface area contributed by atoms with Crippen LogP contribution in [0.1, 0.15) is 32.6 Å². The molecule has 0 aromatic rings. The molecule has 0 bridgehead atoms. The van der Waals surface area contributed by atoms with E-state index in [2.05, 4.69) is 0 Å². The molecule has 7 heteroatoms. The van der Waals surface area contributed by atoms with Crippen molar-refractivity contribution in [3.05, 3.63) is 0 Å². The predicted molar refractivity (Wildman–Crippen MR) is 71.3 cm³/mol. The minimum absolute atomic E-state index is 0.101. The van der Waals surface area contributed by atoms with Crippen LogP contribution in [-0.2, 0) is 14.3 Å². The third-order valence-corrected chi connectivity index (χ3v) is 3.47. The zero-order chi connectivity index (χ0) is 15.1. The standard InChI is InChI=1S/C13H22N2O5/c1-3-14(9-7-11(16)17)13(19)15-8-5-4-6-10(15)12(18)20-2/h10H,3-9H2,1-2H3,(H,16,17). The lowest BCUT2D eigenvalue weighted by Crippen LogP contribution is -2.53. The number of esters is 1. The average Bonchev–Trinajstić information content (AvgIpc) is 2.46. The average molecular weight is 286 g/mol. The molecule has 0 radical (unpaired) electrons. The highest BCUT2D eigenvalue weighted by atomic mass is 16.5. The first-order chi connectivity index (χ1) is 9.51. The molecule has 1 heterocycles. The van der Waals surface area contributed by atoms with Crippen molar-refractivity contribution in [3.8, 4) is 0 Å². The van der Waals surface area contributed by atoms with Crippen molar-refractivity contribution in [3.63, 3.8) is 0 Å². The lowest BCUT2D eigenvalue weighted by molar-refractivity contribution is -0.147. The van der Waals surface area contributed by atoms with E-state index in [1.54, 1.807) is 6.92 Å². The van der Waals surface area contributed by atoms with Crippen LogP contribution < -0.4 is 0 Å². The Bertz CT molecular complexity index is 372. The summed E-state index contributed by atoms with van der Waals surface area (Å²) in [5.74, 6) is -1.35. The molecule has 20 heavy (non-hydrogen) atoms. The zero-order valence-corrected chi connectivity index (χ0v) is 12.0. The third-order valence-electron chi connectivity index (χ3n) is 3.47. The molecule has 0 spiro atoms. The molecule has 1 fully saturated rings. The zero-order valence-electron chi connectivity index (χ0n) is 12.0. The number of hydrogen-bond donors (Lipinski definition) is 1. The first-order valence-electron chi connectivity index (χ1n) is 6.86. The fourth-order valence-electron chi connectivity index (χ4n) is 2.34. The number of piperidine rings is 1. The van der Waals surface area contributed by atoms with Gasteiger partial charge in [0.05, 0.1) is 13.5 Å². The molecule has 1 atom stereocenters. The Labute approximate surface area is 118 Å². The van der Waals surface area contributed by atoms with Crippen molar-refractivity contribution in [2.75, 3.05) is 26.7 Å². The van der Waals surface area contributed by atoms with Crippen LogP contribution in [0.15, 0.2) is 0 Å². The maximum Gasteiger partial charge on any atom is 0.328 e. The van der Waals surface area contributed by atoms with Crippen LogP contribution in [0, 0.1) is 0 Å². The lowest BCUT2D eigenvalue weighted by atomic mass is 10.0. The number of rotatable bonds is 5. The first-order valence-corrected chi connectivity index (χ1v) is 6.86. The highest BCUT2D eigenvalue weighted by Crippen LogP contribution is 2.20. The third kappa shape index (κ3) is 4.11. The highest BCUT2D eigenvalue weighted by molar-refractivity contribution is 5.84. The van der Waals surface area contributed by atoms with Crippen molar-refractivity contribution in [2.45, 2.75) is 38.6 Å². The molecular formula is C13H22N2O5. The van der Waals surface area contributed by atoms with E-state index in [9.17, 15) is 14.4 Å². The number of aliphatic carboxylic acids is 1. The number of carboxylic acids is 1. The molecule has 1 aliphatic rings. The number of likely N-dealkylation sites (tertiary alicyclic amines) is 1. The molecule has 114 valence electrons. The van der Waals surface area contributed by atoms with Gasteiger partial charge in [0.1, 0.15) is 6.04 Å². The summed E-state index contributed by atoms with van der Waals surface area (Å²) < 4.78 is 4.74. The lowest BCUT2D eigenvalue weighted by Gasteiger charge is -2.37. The van der Waals surface area contributed by atoms with Gasteiger partial charge in [0.25, 0.3) is 0 Å². The van der Waals surface area contributed by atoms with Crippen LogP contribution in [0.4, 0.5) is 4.79 Å². The van der Waals surface area contributed by atoms with E-state index in [0.717, 1.165) is 12.8 Å². The molecular weight excluding hydrogens is 264 g/mol.